The molecule has 196 valence electrons. The molecule has 0 atom stereocenters. The molecule has 2 N–H and O–H groups in total. The first kappa shape index (κ1) is 28.9. The summed E-state index contributed by atoms with van der Waals surface area (Å²) in [6.45, 7) is 4.11. The van der Waals surface area contributed by atoms with E-state index in [9.17, 15) is 14.4 Å². The van der Waals surface area contributed by atoms with Gasteiger partial charge in [0.25, 0.3) is 5.91 Å². The molecule has 0 spiro atoms. The lowest BCUT2D eigenvalue weighted by molar-refractivity contribution is -0.119. The second-order valence-corrected chi connectivity index (χ2v) is 8.76. The highest BCUT2D eigenvalue weighted by Crippen LogP contribution is 2.23. The SMILES string of the molecule is CCCCCCCCCCCC(=O)Nc1cccc(C(=O)OCC(=O)Nc2ccccc2OCC)c1. The number of anilines is 2. The topological polar surface area (TPSA) is 93.7 Å². The molecule has 0 aliphatic carbocycles. The van der Waals surface area contributed by atoms with Gasteiger partial charge in [-0.25, -0.2) is 4.79 Å². The molecule has 0 heterocycles. The molecule has 0 saturated carbocycles. The molecule has 2 aromatic carbocycles. The average Bonchev–Trinajstić information content (AvgIpc) is 2.88. The number of nitrogens with one attached hydrogen (secondary N) is 2. The number of carbonyl (C=O) groups excluding carboxylic acids is 3. The van der Waals surface area contributed by atoms with Gasteiger partial charge < -0.3 is 20.1 Å². The second-order valence-electron chi connectivity index (χ2n) is 8.76. The third kappa shape index (κ3) is 11.4. The van der Waals surface area contributed by atoms with E-state index in [4.69, 9.17) is 9.47 Å². The maximum atomic E-state index is 12.4. The summed E-state index contributed by atoms with van der Waals surface area (Å²) in [7, 11) is 0. The van der Waals surface area contributed by atoms with Crippen LogP contribution in [0.3, 0.4) is 0 Å². The molecular formula is C29H40N2O5. The highest BCUT2D eigenvalue weighted by molar-refractivity contribution is 5.97. The summed E-state index contributed by atoms with van der Waals surface area (Å²) in [5.74, 6) is -0.638. The van der Waals surface area contributed by atoms with Gasteiger partial charge in [0, 0.05) is 12.1 Å². The van der Waals surface area contributed by atoms with Gasteiger partial charge in [0.2, 0.25) is 5.91 Å². The van der Waals surface area contributed by atoms with Crippen LogP contribution in [-0.4, -0.2) is 31.0 Å². The quantitative estimate of drug-likeness (QED) is 0.187. The Balaban J connectivity index is 1.71. The molecule has 0 radical (unpaired) electrons. The molecule has 0 bridgehead atoms. The first-order valence-electron chi connectivity index (χ1n) is 13.1. The van der Waals surface area contributed by atoms with E-state index in [1.54, 1.807) is 42.5 Å². The minimum atomic E-state index is -0.640. The van der Waals surface area contributed by atoms with Gasteiger partial charge in [0.05, 0.1) is 17.9 Å². The molecule has 2 amide bonds. The number of rotatable bonds is 17. The van der Waals surface area contributed by atoms with Gasteiger partial charge in [-0.15, -0.1) is 0 Å². The lowest BCUT2D eigenvalue weighted by Gasteiger charge is -2.11. The van der Waals surface area contributed by atoms with Gasteiger partial charge in [-0.2, -0.15) is 0 Å². The van der Waals surface area contributed by atoms with Gasteiger partial charge in [-0.3, -0.25) is 9.59 Å². The first-order chi connectivity index (χ1) is 17.5. The van der Waals surface area contributed by atoms with Crippen molar-refractivity contribution in [3.05, 3.63) is 54.1 Å². The van der Waals surface area contributed by atoms with Crippen LogP contribution in [0.4, 0.5) is 11.4 Å². The Morgan fingerprint density at radius 1 is 0.750 bits per heavy atom. The zero-order valence-corrected chi connectivity index (χ0v) is 21.6. The minimum absolute atomic E-state index is 0.0733. The van der Waals surface area contributed by atoms with Crippen LogP contribution in [-0.2, 0) is 14.3 Å². The van der Waals surface area contributed by atoms with E-state index in [1.165, 1.54) is 38.5 Å². The van der Waals surface area contributed by atoms with Gasteiger partial charge in [0.1, 0.15) is 5.75 Å². The fourth-order valence-corrected chi connectivity index (χ4v) is 3.80. The van der Waals surface area contributed by atoms with Crippen molar-refractivity contribution in [3.63, 3.8) is 0 Å². The number of ether oxygens (including phenoxy) is 2. The summed E-state index contributed by atoms with van der Waals surface area (Å²) >= 11 is 0. The number of benzene rings is 2. The van der Waals surface area contributed by atoms with Crippen molar-refractivity contribution in [3.8, 4) is 5.75 Å². The Kier molecular flexibility index (Phi) is 13.8. The van der Waals surface area contributed by atoms with Crippen LogP contribution in [0.15, 0.2) is 48.5 Å². The van der Waals surface area contributed by atoms with E-state index in [2.05, 4.69) is 17.6 Å². The van der Waals surface area contributed by atoms with Crippen molar-refractivity contribution in [2.75, 3.05) is 23.8 Å². The molecule has 0 aromatic heterocycles. The van der Waals surface area contributed by atoms with Crippen molar-refractivity contribution in [2.45, 2.75) is 78.1 Å². The number of amides is 2. The summed E-state index contributed by atoms with van der Waals surface area (Å²) in [5.41, 5.74) is 1.30. The zero-order valence-electron chi connectivity index (χ0n) is 21.6. The standard InChI is InChI=1S/C29H40N2O5/c1-3-5-6-7-8-9-10-11-12-20-27(32)30-24-17-15-16-23(21-24)29(34)36-22-28(33)31-25-18-13-14-19-26(25)35-4-2/h13-19,21H,3-12,20,22H2,1-2H3,(H,30,32)(H,31,33). The van der Waals surface area contributed by atoms with E-state index in [-0.39, 0.29) is 11.5 Å². The van der Waals surface area contributed by atoms with Crippen LogP contribution >= 0.6 is 0 Å². The highest BCUT2D eigenvalue weighted by Gasteiger charge is 2.13. The predicted octanol–water partition coefficient (Wildman–Crippen LogP) is 6.74. The van der Waals surface area contributed by atoms with E-state index >= 15 is 0 Å². The van der Waals surface area contributed by atoms with Crippen molar-refractivity contribution < 1.29 is 23.9 Å². The lowest BCUT2D eigenvalue weighted by Crippen LogP contribution is -2.21. The third-order valence-corrected chi connectivity index (χ3v) is 5.68. The molecule has 0 saturated heterocycles. The molecule has 36 heavy (non-hydrogen) atoms. The Bertz CT molecular complexity index is 960. The van der Waals surface area contributed by atoms with Crippen molar-refractivity contribution in [1.82, 2.24) is 0 Å². The van der Waals surface area contributed by atoms with E-state index < -0.39 is 18.5 Å². The minimum Gasteiger partial charge on any atom is -0.492 e. The number of unbranched alkanes of at least 4 members (excludes halogenated alkanes) is 8. The van der Waals surface area contributed by atoms with Crippen LogP contribution in [0.1, 0.15) is 88.4 Å². The van der Waals surface area contributed by atoms with E-state index in [0.717, 1.165) is 19.3 Å². The van der Waals surface area contributed by atoms with E-state index in [0.29, 0.717) is 30.2 Å². The summed E-state index contributed by atoms with van der Waals surface area (Å²) in [4.78, 5) is 36.9. The molecule has 0 aliphatic heterocycles. The smallest absolute Gasteiger partial charge is 0.338 e. The summed E-state index contributed by atoms with van der Waals surface area (Å²) in [6.07, 6.45) is 11.2. The largest absolute Gasteiger partial charge is 0.492 e. The molecule has 0 fully saturated rings. The van der Waals surface area contributed by atoms with E-state index in [1.807, 2.05) is 13.0 Å². The Hall–Kier alpha value is -3.35. The normalized spacial score (nSPS) is 10.5. The second kappa shape index (κ2) is 17.1. The monoisotopic (exact) mass is 496 g/mol. The van der Waals surface area contributed by atoms with Crippen LogP contribution in [0.5, 0.6) is 5.75 Å². The zero-order chi connectivity index (χ0) is 26.0. The number of para-hydroxylation sites is 2. The lowest BCUT2D eigenvalue weighted by atomic mass is 10.1. The van der Waals surface area contributed by atoms with Crippen LogP contribution < -0.4 is 15.4 Å². The molecule has 2 aromatic rings. The van der Waals surface area contributed by atoms with Crippen molar-refractivity contribution in [1.29, 1.82) is 0 Å². The summed E-state index contributed by atoms with van der Waals surface area (Å²) < 4.78 is 10.6. The fraction of sp³-hybridized carbons (Fsp3) is 0.483. The van der Waals surface area contributed by atoms with Gasteiger partial charge in [-0.05, 0) is 43.7 Å². The van der Waals surface area contributed by atoms with Crippen molar-refractivity contribution in [2.24, 2.45) is 0 Å². The molecule has 7 nitrogen and oxygen atoms in total. The highest BCUT2D eigenvalue weighted by atomic mass is 16.5. The van der Waals surface area contributed by atoms with Gasteiger partial charge >= 0.3 is 5.97 Å². The first-order valence-corrected chi connectivity index (χ1v) is 13.1. The number of esters is 1. The maximum Gasteiger partial charge on any atom is 0.338 e. The van der Waals surface area contributed by atoms with Crippen LogP contribution in [0.25, 0.3) is 0 Å². The number of hydrogen-bond donors (Lipinski definition) is 2. The molecule has 0 unspecified atom stereocenters. The molecule has 0 aliphatic rings. The summed E-state index contributed by atoms with van der Waals surface area (Å²) in [6, 6.07) is 13.6. The van der Waals surface area contributed by atoms with Crippen LogP contribution in [0, 0.1) is 0 Å². The maximum absolute atomic E-state index is 12.4. The molecule has 7 heteroatoms. The number of carbonyl (C=O) groups is 3. The molecular weight excluding hydrogens is 456 g/mol. The summed E-state index contributed by atoms with van der Waals surface area (Å²) in [5, 5.41) is 5.52. The Morgan fingerprint density at radius 3 is 2.17 bits per heavy atom. The Labute approximate surface area is 215 Å². The fourth-order valence-electron chi connectivity index (χ4n) is 3.80. The Morgan fingerprint density at radius 2 is 1.44 bits per heavy atom. The predicted molar refractivity (Wildman–Crippen MR) is 143 cm³/mol. The van der Waals surface area contributed by atoms with Crippen molar-refractivity contribution >= 4 is 29.2 Å². The van der Waals surface area contributed by atoms with Crippen LogP contribution in [0.2, 0.25) is 0 Å². The average molecular weight is 497 g/mol. The number of hydrogen-bond acceptors (Lipinski definition) is 5. The molecule has 2 rings (SSSR count). The third-order valence-electron chi connectivity index (χ3n) is 5.68. The van der Waals surface area contributed by atoms with Gasteiger partial charge in [-0.1, -0.05) is 76.5 Å². The van der Waals surface area contributed by atoms with Gasteiger partial charge in [0.15, 0.2) is 6.61 Å².